The lowest BCUT2D eigenvalue weighted by Gasteiger charge is -2.54. The molecule has 0 aromatic heterocycles. The van der Waals surface area contributed by atoms with E-state index in [9.17, 15) is 29.4 Å². The van der Waals surface area contributed by atoms with Crippen molar-refractivity contribution >= 4 is 23.7 Å². The molecule has 3 amide bonds. The molecule has 2 atom stereocenters. The third-order valence-electron chi connectivity index (χ3n) is 9.03. The van der Waals surface area contributed by atoms with Gasteiger partial charge in [0.2, 0.25) is 0 Å². The molecule has 0 bridgehead atoms. The van der Waals surface area contributed by atoms with Gasteiger partial charge >= 0.3 is 5.97 Å². The van der Waals surface area contributed by atoms with Crippen molar-refractivity contribution in [1.29, 1.82) is 0 Å². The average molecular weight is 621 g/mol. The predicted molar refractivity (Wildman–Crippen MR) is 165 cm³/mol. The SMILES string of the molecule is CC(=O)OCCN1C(=O)C2=C(O)C(O)C=CN2N(C2c3ccccc3CCc3ccccc32)C1CN1C(=O)c2ccccc2C1=O. The first kappa shape index (κ1) is 29.5. The predicted octanol–water partition coefficient (Wildman–Crippen LogP) is 3.08. The smallest absolute Gasteiger partial charge is 0.302 e. The molecule has 0 saturated carbocycles. The summed E-state index contributed by atoms with van der Waals surface area (Å²) in [5.41, 5.74) is 4.45. The lowest BCUT2D eigenvalue weighted by molar-refractivity contribution is -0.171. The van der Waals surface area contributed by atoms with Gasteiger partial charge < -0.3 is 19.8 Å². The fourth-order valence-corrected chi connectivity index (χ4v) is 6.91. The van der Waals surface area contributed by atoms with Crippen LogP contribution in [0.1, 0.15) is 55.9 Å². The van der Waals surface area contributed by atoms with E-state index in [0.29, 0.717) is 0 Å². The Hall–Kier alpha value is -5.26. The van der Waals surface area contributed by atoms with Gasteiger partial charge in [-0.25, -0.2) is 0 Å². The number of esters is 1. The van der Waals surface area contributed by atoms with Crippen molar-refractivity contribution in [3.05, 3.63) is 130 Å². The average Bonchev–Trinajstić information content (AvgIpc) is 3.18. The monoisotopic (exact) mass is 620 g/mol. The van der Waals surface area contributed by atoms with E-state index in [-0.39, 0.29) is 36.5 Å². The molecule has 0 radical (unpaired) electrons. The number of hydrogen-bond donors (Lipinski definition) is 2. The van der Waals surface area contributed by atoms with E-state index in [1.807, 2.05) is 41.4 Å². The van der Waals surface area contributed by atoms with Crippen molar-refractivity contribution in [2.75, 3.05) is 19.7 Å². The van der Waals surface area contributed by atoms with Crippen LogP contribution >= 0.6 is 0 Å². The van der Waals surface area contributed by atoms with E-state index in [1.165, 1.54) is 29.1 Å². The molecule has 3 aromatic rings. The van der Waals surface area contributed by atoms with Gasteiger partial charge in [-0.1, -0.05) is 60.7 Å². The number of benzene rings is 3. The lowest BCUT2D eigenvalue weighted by Crippen LogP contribution is -2.68. The van der Waals surface area contributed by atoms with Crippen LogP contribution in [0.25, 0.3) is 0 Å². The molecule has 3 aromatic carbocycles. The first-order valence-corrected chi connectivity index (χ1v) is 15.2. The van der Waals surface area contributed by atoms with Crippen molar-refractivity contribution in [2.45, 2.75) is 38.1 Å². The number of amides is 3. The van der Waals surface area contributed by atoms with Crippen molar-refractivity contribution < 1.29 is 34.1 Å². The van der Waals surface area contributed by atoms with E-state index in [4.69, 9.17) is 4.74 Å². The number of aliphatic hydroxyl groups is 2. The number of fused-ring (bicyclic) bond motifs is 4. The summed E-state index contributed by atoms with van der Waals surface area (Å²) in [4.78, 5) is 56.0. The highest BCUT2D eigenvalue weighted by Crippen LogP contribution is 2.44. The molecule has 3 aliphatic heterocycles. The van der Waals surface area contributed by atoms with E-state index < -0.39 is 47.8 Å². The second kappa shape index (κ2) is 11.6. The number of nitrogens with zero attached hydrogens (tertiary/aromatic N) is 4. The molecule has 11 heteroatoms. The number of rotatable bonds is 6. The maximum Gasteiger partial charge on any atom is 0.302 e. The van der Waals surface area contributed by atoms with Gasteiger partial charge in [-0.3, -0.25) is 29.1 Å². The van der Waals surface area contributed by atoms with Crippen LogP contribution in [0.5, 0.6) is 0 Å². The molecule has 2 unspecified atom stereocenters. The Kier molecular flexibility index (Phi) is 7.42. The zero-order valence-corrected chi connectivity index (χ0v) is 25.1. The Bertz CT molecular complexity index is 1750. The summed E-state index contributed by atoms with van der Waals surface area (Å²) < 4.78 is 5.25. The molecule has 1 aliphatic carbocycles. The Morgan fingerprint density at radius 3 is 2.00 bits per heavy atom. The minimum atomic E-state index is -1.42. The number of hydrogen-bond acceptors (Lipinski definition) is 9. The summed E-state index contributed by atoms with van der Waals surface area (Å²) >= 11 is 0. The molecule has 46 heavy (non-hydrogen) atoms. The Morgan fingerprint density at radius 1 is 0.848 bits per heavy atom. The molecule has 234 valence electrons. The van der Waals surface area contributed by atoms with E-state index in [1.54, 1.807) is 24.3 Å². The molecule has 0 spiro atoms. The van der Waals surface area contributed by atoms with Crippen LogP contribution in [0.2, 0.25) is 0 Å². The molecule has 7 rings (SSSR count). The highest BCUT2D eigenvalue weighted by Gasteiger charge is 2.51. The largest absolute Gasteiger partial charge is 0.507 e. The number of ether oxygens (including phenoxy) is 1. The number of carbonyl (C=O) groups is 4. The van der Waals surface area contributed by atoms with Gasteiger partial charge in [0, 0.05) is 13.1 Å². The topological polar surface area (TPSA) is 131 Å². The second-order valence-electron chi connectivity index (χ2n) is 11.6. The van der Waals surface area contributed by atoms with Gasteiger partial charge in [0.15, 0.2) is 11.5 Å². The number of carbonyl (C=O) groups excluding carboxylic acids is 4. The first-order valence-electron chi connectivity index (χ1n) is 15.2. The summed E-state index contributed by atoms with van der Waals surface area (Å²) in [7, 11) is 0. The van der Waals surface area contributed by atoms with Crippen LogP contribution in [-0.2, 0) is 27.2 Å². The van der Waals surface area contributed by atoms with Gasteiger partial charge in [0.1, 0.15) is 18.9 Å². The Balaban J connectivity index is 1.43. The van der Waals surface area contributed by atoms with Gasteiger partial charge in [-0.2, -0.15) is 5.01 Å². The van der Waals surface area contributed by atoms with Crippen LogP contribution in [0.3, 0.4) is 0 Å². The maximum absolute atomic E-state index is 14.3. The fraction of sp³-hybridized carbons (Fsp3) is 0.257. The summed E-state index contributed by atoms with van der Waals surface area (Å²) in [5, 5.41) is 25.2. The van der Waals surface area contributed by atoms with E-state index >= 15 is 0 Å². The Morgan fingerprint density at radius 2 is 1.41 bits per heavy atom. The quantitative estimate of drug-likeness (QED) is 0.315. The zero-order valence-electron chi connectivity index (χ0n) is 25.1. The standard InChI is InChI=1S/C35H32N4O7/c1-21(40)46-19-18-36-29(20-37-33(43)26-12-6-7-13-27(26)34(37)44)39(38-17-16-28(41)32(42)31(38)35(36)45)30-24-10-4-2-8-22(24)14-15-23-9-3-5-11-25(23)30/h2-13,16-17,28-30,41-42H,14-15,18-20H2,1H3. The van der Waals surface area contributed by atoms with Crippen LogP contribution < -0.4 is 0 Å². The van der Waals surface area contributed by atoms with Gasteiger partial charge in [0.05, 0.1) is 30.3 Å². The van der Waals surface area contributed by atoms with Crippen molar-refractivity contribution in [3.8, 4) is 0 Å². The summed E-state index contributed by atoms with van der Waals surface area (Å²) in [6, 6.07) is 22.0. The number of aryl methyl sites for hydroxylation is 2. The zero-order chi connectivity index (χ0) is 32.1. The third-order valence-corrected chi connectivity index (χ3v) is 9.03. The van der Waals surface area contributed by atoms with Crippen LogP contribution in [-0.4, -0.2) is 85.7 Å². The van der Waals surface area contributed by atoms with Crippen LogP contribution in [0, 0.1) is 0 Å². The molecule has 2 N–H and O–H groups in total. The van der Waals surface area contributed by atoms with Gasteiger partial charge in [0.25, 0.3) is 17.7 Å². The molecule has 1 saturated heterocycles. The molecule has 1 fully saturated rings. The maximum atomic E-state index is 14.3. The molecular weight excluding hydrogens is 588 g/mol. The summed E-state index contributed by atoms with van der Waals surface area (Å²) in [6.45, 7) is 0.763. The summed E-state index contributed by atoms with van der Waals surface area (Å²) in [5.74, 6) is -2.69. The third kappa shape index (κ3) is 4.75. The van der Waals surface area contributed by atoms with Crippen LogP contribution in [0.4, 0.5) is 0 Å². The minimum Gasteiger partial charge on any atom is -0.507 e. The van der Waals surface area contributed by atoms with Crippen LogP contribution in [0.15, 0.2) is 96.5 Å². The fourth-order valence-electron chi connectivity index (χ4n) is 6.91. The highest BCUT2D eigenvalue weighted by molar-refractivity contribution is 6.21. The summed E-state index contributed by atoms with van der Waals surface area (Å²) in [6.07, 6.45) is 2.03. The molecule has 3 heterocycles. The van der Waals surface area contributed by atoms with Crippen molar-refractivity contribution in [1.82, 2.24) is 19.8 Å². The van der Waals surface area contributed by atoms with Gasteiger partial charge in [-0.15, -0.1) is 0 Å². The minimum absolute atomic E-state index is 0.108. The first-order chi connectivity index (χ1) is 22.3. The Labute approximate surface area is 265 Å². The number of aliphatic hydroxyl groups excluding tert-OH is 2. The molecule has 4 aliphatic rings. The van der Waals surface area contributed by atoms with E-state index in [0.717, 1.165) is 40.0 Å². The highest BCUT2D eigenvalue weighted by atomic mass is 16.5. The number of imide groups is 1. The second-order valence-corrected chi connectivity index (χ2v) is 11.6. The molecule has 11 nitrogen and oxygen atoms in total. The molecular formula is C35H32N4O7. The van der Waals surface area contributed by atoms with Crippen molar-refractivity contribution in [2.24, 2.45) is 0 Å². The van der Waals surface area contributed by atoms with E-state index in [2.05, 4.69) is 12.1 Å². The number of hydrazine groups is 1. The van der Waals surface area contributed by atoms with Gasteiger partial charge in [-0.05, 0) is 53.3 Å². The normalized spacial score (nSPS) is 21.2. The van der Waals surface area contributed by atoms with Crippen molar-refractivity contribution in [3.63, 3.8) is 0 Å². The lowest BCUT2D eigenvalue weighted by atomic mass is 9.92.